The van der Waals surface area contributed by atoms with Crippen LogP contribution in [0.2, 0.25) is 0 Å². The fourth-order valence-corrected chi connectivity index (χ4v) is 5.07. The number of nitrogens with zero attached hydrogens (tertiary/aromatic N) is 3. The van der Waals surface area contributed by atoms with Crippen molar-refractivity contribution in [3.63, 3.8) is 0 Å². The molecule has 1 aromatic carbocycles. The van der Waals surface area contributed by atoms with E-state index in [1.807, 2.05) is 0 Å². The highest BCUT2D eigenvalue weighted by molar-refractivity contribution is 9.10. The first-order valence-corrected chi connectivity index (χ1v) is 12.8. The highest BCUT2D eigenvalue weighted by Crippen LogP contribution is 2.48. The maximum atomic E-state index is 14.1. The molecule has 1 aliphatic carbocycles. The molecule has 0 radical (unpaired) electrons. The van der Waals surface area contributed by atoms with Gasteiger partial charge in [-0.2, -0.15) is 0 Å². The third-order valence-corrected chi connectivity index (χ3v) is 7.57. The minimum atomic E-state index is -3.40. The van der Waals surface area contributed by atoms with E-state index in [1.54, 1.807) is 12.4 Å². The molecule has 1 saturated heterocycles. The maximum Gasteiger partial charge on any atom is 0.225 e. The van der Waals surface area contributed by atoms with E-state index >= 15 is 0 Å². The van der Waals surface area contributed by atoms with Gasteiger partial charge in [0.1, 0.15) is 5.82 Å². The number of hydrogen-bond acceptors (Lipinski definition) is 6. The normalized spacial score (nSPS) is 22.3. The molecular formula is C21H25BrFN3O3S. The lowest BCUT2D eigenvalue weighted by Crippen LogP contribution is -2.35. The lowest BCUT2D eigenvalue weighted by molar-refractivity contribution is 0.102. The first-order chi connectivity index (χ1) is 14.3. The fourth-order valence-electron chi connectivity index (χ4n) is 4.23. The van der Waals surface area contributed by atoms with E-state index in [0.717, 1.165) is 55.1 Å². The van der Waals surface area contributed by atoms with Crippen LogP contribution in [-0.2, 0) is 21.2 Å². The second kappa shape index (κ2) is 8.88. The molecule has 2 aliphatic rings. The van der Waals surface area contributed by atoms with E-state index < -0.39 is 15.7 Å². The molecule has 0 bridgehead atoms. The third-order valence-electron chi connectivity index (χ3n) is 6.05. The summed E-state index contributed by atoms with van der Waals surface area (Å²) in [5.41, 5.74) is 0.391. The summed E-state index contributed by atoms with van der Waals surface area (Å²) >= 11 is 3.36. The summed E-state index contributed by atoms with van der Waals surface area (Å²) in [6, 6.07) is 3.99. The number of piperidine rings is 1. The van der Waals surface area contributed by atoms with Crippen LogP contribution in [0.5, 0.6) is 0 Å². The predicted octanol–water partition coefficient (Wildman–Crippen LogP) is 3.85. The summed E-state index contributed by atoms with van der Waals surface area (Å²) in [6.07, 6.45) is 8.04. The van der Waals surface area contributed by atoms with E-state index in [0.29, 0.717) is 29.9 Å². The van der Waals surface area contributed by atoms with E-state index in [4.69, 9.17) is 4.74 Å². The van der Waals surface area contributed by atoms with Gasteiger partial charge in [-0.1, -0.05) is 6.07 Å². The number of rotatable bonds is 7. The minimum Gasteiger partial charge on any atom is -0.376 e. The summed E-state index contributed by atoms with van der Waals surface area (Å²) in [6.45, 7) is 2.72. The standard InChI is InChI=1S/C21H25BrFN3O3S/c1-30(27,28)18-3-2-15(20(23)9-18)12-29-13-16-8-19(16)14-4-6-26(7-5-14)21-24-10-17(22)11-25-21/h2-3,9-11,14,16,19H,4-8,12-13H2,1H3/t16-,19+/m0/s1. The molecule has 1 saturated carbocycles. The van der Waals surface area contributed by atoms with Gasteiger partial charge in [-0.25, -0.2) is 22.8 Å². The molecule has 0 spiro atoms. The quantitative estimate of drug-likeness (QED) is 0.578. The molecule has 1 aliphatic heterocycles. The lowest BCUT2D eigenvalue weighted by atomic mass is 9.91. The average molecular weight is 498 g/mol. The molecule has 9 heteroatoms. The largest absolute Gasteiger partial charge is 0.376 e. The van der Waals surface area contributed by atoms with Crippen LogP contribution in [0, 0.1) is 23.6 Å². The highest BCUT2D eigenvalue weighted by Gasteiger charge is 2.43. The Hall–Kier alpha value is -1.58. The summed E-state index contributed by atoms with van der Waals surface area (Å²) in [5.74, 6) is 2.15. The summed E-state index contributed by atoms with van der Waals surface area (Å²) < 4.78 is 43.8. The minimum absolute atomic E-state index is 0.00844. The number of hydrogen-bond donors (Lipinski definition) is 0. The maximum absolute atomic E-state index is 14.1. The van der Waals surface area contributed by atoms with Crippen molar-refractivity contribution in [2.75, 3.05) is 30.9 Å². The number of halogens is 2. The summed E-state index contributed by atoms with van der Waals surface area (Å²) in [7, 11) is -3.40. The first-order valence-electron chi connectivity index (χ1n) is 10.1. The van der Waals surface area contributed by atoms with Crippen LogP contribution in [0.1, 0.15) is 24.8 Å². The van der Waals surface area contributed by atoms with Gasteiger partial charge in [-0.15, -0.1) is 0 Å². The Morgan fingerprint density at radius 2 is 1.93 bits per heavy atom. The van der Waals surface area contributed by atoms with Gasteiger partial charge < -0.3 is 9.64 Å². The highest BCUT2D eigenvalue weighted by atomic mass is 79.9. The van der Waals surface area contributed by atoms with Crippen LogP contribution in [0.15, 0.2) is 40.0 Å². The second-order valence-corrected chi connectivity index (χ2v) is 11.2. The molecular weight excluding hydrogens is 473 g/mol. The number of benzene rings is 1. The van der Waals surface area contributed by atoms with Crippen molar-refractivity contribution in [2.45, 2.75) is 30.8 Å². The van der Waals surface area contributed by atoms with Crippen LogP contribution in [0.3, 0.4) is 0 Å². The lowest BCUT2D eigenvalue weighted by Gasteiger charge is -2.32. The Labute approximate surface area is 184 Å². The molecule has 2 heterocycles. The second-order valence-electron chi connectivity index (χ2n) is 8.23. The molecule has 30 heavy (non-hydrogen) atoms. The van der Waals surface area contributed by atoms with Gasteiger partial charge in [0.2, 0.25) is 5.95 Å². The van der Waals surface area contributed by atoms with Gasteiger partial charge in [0.15, 0.2) is 9.84 Å². The van der Waals surface area contributed by atoms with Crippen LogP contribution >= 0.6 is 15.9 Å². The Morgan fingerprint density at radius 1 is 1.23 bits per heavy atom. The first kappa shape index (κ1) is 21.6. The Balaban J connectivity index is 1.20. The van der Waals surface area contributed by atoms with E-state index in [9.17, 15) is 12.8 Å². The number of aromatic nitrogens is 2. The van der Waals surface area contributed by atoms with Crippen molar-refractivity contribution in [3.05, 3.63) is 46.4 Å². The molecule has 0 unspecified atom stereocenters. The van der Waals surface area contributed by atoms with Crippen molar-refractivity contribution in [3.8, 4) is 0 Å². The summed E-state index contributed by atoms with van der Waals surface area (Å²) in [5, 5.41) is 0. The summed E-state index contributed by atoms with van der Waals surface area (Å²) in [4.78, 5) is 11.0. The van der Waals surface area contributed by atoms with Gasteiger partial charge in [0.05, 0.1) is 22.6 Å². The average Bonchev–Trinajstić information content (AvgIpc) is 3.49. The van der Waals surface area contributed by atoms with Crippen LogP contribution in [0.4, 0.5) is 10.3 Å². The van der Waals surface area contributed by atoms with Crippen LogP contribution < -0.4 is 4.90 Å². The van der Waals surface area contributed by atoms with Crippen LogP contribution in [-0.4, -0.2) is 44.3 Å². The number of anilines is 1. The van der Waals surface area contributed by atoms with Gasteiger partial charge in [0, 0.05) is 37.3 Å². The molecule has 0 amide bonds. The molecule has 162 valence electrons. The molecule has 2 aromatic rings. The zero-order valence-corrected chi connectivity index (χ0v) is 19.2. The van der Waals surface area contributed by atoms with Crippen molar-refractivity contribution in [1.29, 1.82) is 0 Å². The Bertz CT molecular complexity index is 995. The monoisotopic (exact) mass is 497 g/mol. The Morgan fingerprint density at radius 3 is 2.57 bits per heavy atom. The van der Waals surface area contributed by atoms with E-state index in [-0.39, 0.29) is 11.5 Å². The molecule has 6 nitrogen and oxygen atoms in total. The van der Waals surface area contributed by atoms with E-state index in [1.165, 1.54) is 12.1 Å². The van der Waals surface area contributed by atoms with Gasteiger partial charge >= 0.3 is 0 Å². The van der Waals surface area contributed by atoms with Crippen molar-refractivity contribution >= 4 is 31.7 Å². The predicted molar refractivity (Wildman–Crippen MR) is 115 cm³/mol. The fraction of sp³-hybridized carbons (Fsp3) is 0.524. The van der Waals surface area contributed by atoms with Crippen molar-refractivity contribution in [1.82, 2.24) is 9.97 Å². The molecule has 0 N–H and O–H groups in total. The molecule has 2 atom stereocenters. The third kappa shape index (κ3) is 5.18. The number of ether oxygens (including phenoxy) is 1. The Kier molecular flexibility index (Phi) is 6.41. The zero-order chi connectivity index (χ0) is 21.3. The van der Waals surface area contributed by atoms with Crippen LogP contribution in [0.25, 0.3) is 0 Å². The molecule has 1 aromatic heterocycles. The smallest absolute Gasteiger partial charge is 0.225 e. The topological polar surface area (TPSA) is 72.4 Å². The van der Waals surface area contributed by atoms with E-state index in [2.05, 4.69) is 30.8 Å². The van der Waals surface area contributed by atoms with Crippen molar-refractivity contribution < 1.29 is 17.5 Å². The molecule has 2 fully saturated rings. The van der Waals surface area contributed by atoms with Crippen molar-refractivity contribution in [2.24, 2.45) is 17.8 Å². The zero-order valence-electron chi connectivity index (χ0n) is 16.8. The van der Waals surface area contributed by atoms with Gasteiger partial charge in [-0.05, 0) is 65.1 Å². The van der Waals surface area contributed by atoms with Gasteiger partial charge in [-0.3, -0.25) is 0 Å². The SMILES string of the molecule is CS(=O)(=O)c1ccc(COC[C@@H]2C[C@@H]2C2CCN(c3ncc(Br)cn3)CC2)c(F)c1. The molecule has 4 rings (SSSR count). The number of sulfone groups is 1. The van der Waals surface area contributed by atoms with Gasteiger partial charge in [0.25, 0.3) is 0 Å².